The van der Waals surface area contributed by atoms with Gasteiger partial charge in [0.25, 0.3) is 0 Å². The molecule has 7 rings (SSSR count). The average molecular weight is 529 g/mol. The van der Waals surface area contributed by atoms with Crippen molar-refractivity contribution in [1.29, 1.82) is 0 Å². The number of ether oxygens (including phenoxy) is 1. The van der Waals surface area contributed by atoms with Crippen molar-refractivity contribution in [2.75, 3.05) is 25.0 Å². The van der Waals surface area contributed by atoms with Gasteiger partial charge >= 0.3 is 0 Å². The fourth-order valence-electron chi connectivity index (χ4n) is 6.13. The molecule has 2 aliphatic rings. The van der Waals surface area contributed by atoms with Crippen LogP contribution in [0.1, 0.15) is 11.1 Å². The molecule has 2 N–H and O–H groups in total. The summed E-state index contributed by atoms with van der Waals surface area (Å²) < 4.78 is 6.04. The maximum atomic E-state index is 9.42. The van der Waals surface area contributed by atoms with Gasteiger partial charge in [0, 0.05) is 37.3 Å². The molecular weight excluding hydrogens is 496 g/mol. The number of rotatable bonds is 8. The molecular formula is C34H32N4O2. The molecule has 0 radical (unpaired) electrons. The van der Waals surface area contributed by atoms with E-state index in [0.29, 0.717) is 24.4 Å². The first-order valence-corrected chi connectivity index (χ1v) is 13.9. The third-order valence-electron chi connectivity index (χ3n) is 8.40. The van der Waals surface area contributed by atoms with E-state index in [2.05, 4.69) is 68.7 Å². The third-order valence-corrected chi connectivity index (χ3v) is 8.40. The molecule has 0 bridgehead atoms. The molecule has 6 nitrogen and oxygen atoms in total. The van der Waals surface area contributed by atoms with Gasteiger partial charge in [-0.3, -0.25) is 4.90 Å². The minimum Gasteiger partial charge on any atom is -0.457 e. The van der Waals surface area contributed by atoms with Crippen molar-refractivity contribution in [3.63, 3.8) is 0 Å². The Bertz CT molecular complexity index is 1640. The van der Waals surface area contributed by atoms with Crippen LogP contribution < -0.4 is 10.1 Å². The van der Waals surface area contributed by atoms with E-state index in [4.69, 9.17) is 4.74 Å². The number of aryl methyl sites for hydroxylation is 1. The number of aliphatic hydroxyl groups excluding tert-OH is 1. The van der Waals surface area contributed by atoms with Gasteiger partial charge in [-0.2, -0.15) is 0 Å². The van der Waals surface area contributed by atoms with Crippen LogP contribution in [0.2, 0.25) is 0 Å². The lowest BCUT2D eigenvalue weighted by Gasteiger charge is -2.19. The van der Waals surface area contributed by atoms with Crippen LogP contribution in [0.15, 0.2) is 97.3 Å². The second-order valence-corrected chi connectivity index (χ2v) is 11.0. The zero-order valence-electron chi connectivity index (χ0n) is 22.5. The van der Waals surface area contributed by atoms with Gasteiger partial charge in [-0.05, 0) is 89.4 Å². The Morgan fingerprint density at radius 2 is 1.65 bits per heavy atom. The number of hydrogen-bond acceptors (Lipinski definition) is 6. The molecule has 2 fully saturated rings. The van der Waals surface area contributed by atoms with Gasteiger partial charge in [-0.25, -0.2) is 9.97 Å². The third kappa shape index (κ3) is 4.92. The Kier molecular flexibility index (Phi) is 6.42. The van der Waals surface area contributed by atoms with E-state index in [-0.39, 0.29) is 0 Å². The SMILES string of the molecule is Cc1cc(Nc2ncnc3ccc(-c4ccc(CN5C[C@@H]6C(CO)[C@@H]6C5)cc4)cc23)ccc1Oc1ccccc1. The highest BCUT2D eigenvalue weighted by Crippen LogP contribution is 2.51. The van der Waals surface area contributed by atoms with Gasteiger partial charge in [-0.1, -0.05) is 48.5 Å². The Labute approximate surface area is 234 Å². The molecule has 1 aromatic heterocycles. The molecule has 200 valence electrons. The Morgan fingerprint density at radius 1 is 0.875 bits per heavy atom. The van der Waals surface area contributed by atoms with Gasteiger partial charge in [0.1, 0.15) is 23.6 Å². The average Bonchev–Trinajstić information content (AvgIpc) is 3.47. The molecule has 1 aliphatic carbocycles. The molecule has 1 saturated carbocycles. The van der Waals surface area contributed by atoms with E-state index < -0.39 is 0 Å². The first kappa shape index (κ1) is 24.8. The van der Waals surface area contributed by atoms with Crippen LogP contribution >= 0.6 is 0 Å². The topological polar surface area (TPSA) is 70.5 Å². The molecule has 3 atom stereocenters. The number of likely N-dealkylation sites (tertiary alicyclic amines) is 1. The summed E-state index contributed by atoms with van der Waals surface area (Å²) in [7, 11) is 0. The van der Waals surface area contributed by atoms with Gasteiger partial charge in [-0.15, -0.1) is 0 Å². The van der Waals surface area contributed by atoms with Crippen molar-refractivity contribution < 1.29 is 9.84 Å². The van der Waals surface area contributed by atoms with Crippen molar-refractivity contribution in [1.82, 2.24) is 14.9 Å². The van der Waals surface area contributed by atoms with Crippen LogP contribution in [0.4, 0.5) is 11.5 Å². The van der Waals surface area contributed by atoms with Crippen LogP contribution in [-0.2, 0) is 6.54 Å². The van der Waals surface area contributed by atoms with E-state index in [1.807, 2.05) is 49.4 Å². The molecule has 1 unspecified atom stereocenters. The number of anilines is 2. The van der Waals surface area contributed by atoms with Crippen LogP contribution in [0.25, 0.3) is 22.0 Å². The standard InChI is InChI=1S/C34H32N4O2/c1-22-15-26(12-14-33(22)40-27-5-3-2-4-6-27)37-34-28-16-25(11-13-32(28)35-21-36-34)24-9-7-23(8-10-24)17-38-18-29-30(19-38)31(29)20-39/h2-16,21,29-31,39H,17-20H2,1H3,(H,35,36,37)/t29-,30+,31?. The molecule has 5 aromatic rings. The van der Waals surface area contributed by atoms with Crippen molar-refractivity contribution in [2.45, 2.75) is 13.5 Å². The van der Waals surface area contributed by atoms with Gasteiger partial charge in [0.15, 0.2) is 0 Å². The number of aliphatic hydroxyl groups is 1. The maximum absolute atomic E-state index is 9.42. The van der Waals surface area contributed by atoms with Crippen LogP contribution in [0, 0.1) is 24.7 Å². The molecule has 1 aliphatic heterocycles. The van der Waals surface area contributed by atoms with Crippen molar-refractivity contribution in [3.05, 3.63) is 108 Å². The van der Waals surface area contributed by atoms with Crippen LogP contribution in [0.5, 0.6) is 11.5 Å². The number of para-hydroxylation sites is 1. The quantitative estimate of drug-likeness (QED) is 0.231. The van der Waals surface area contributed by atoms with Crippen LogP contribution in [0.3, 0.4) is 0 Å². The predicted octanol–water partition coefficient (Wildman–Crippen LogP) is 6.81. The first-order chi connectivity index (χ1) is 19.6. The van der Waals surface area contributed by atoms with Crippen molar-refractivity contribution in [2.24, 2.45) is 17.8 Å². The number of nitrogens with one attached hydrogen (secondary N) is 1. The van der Waals surface area contributed by atoms with E-state index >= 15 is 0 Å². The van der Waals surface area contributed by atoms with E-state index in [1.54, 1.807) is 6.33 Å². The molecule has 0 amide bonds. The number of benzene rings is 4. The summed E-state index contributed by atoms with van der Waals surface area (Å²) in [5.41, 5.74) is 6.50. The van der Waals surface area contributed by atoms with E-state index in [0.717, 1.165) is 64.7 Å². The number of fused-ring (bicyclic) bond motifs is 2. The summed E-state index contributed by atoms with van der Waals surface area (Å²) in [6, 6.07) is 31.1. The summed E-state index contributed by atoms with van der Waals surface area (Å²) in [5, 5.41) is 13.9. The van der Waals surface area contributed by atoms with Gasteiger partial charge in [0.2, 0.25) is 0 Å². The fraction of sp³-hybridized carbons (Fsp3) is 0.235. The zero-order valence-corrected chi connectivity index (χ0v) is 22.5. The summed E-state index contributed by atoms with van der Waals surface area (Å²) in [4.78, 5) is 11.6. The Morgan fingerprint density at radius 3 is 2.40 bits per heavy atom. The smallest absolute Gasteiger partial charge is 0.141 e. The lowest BCUT2D eigenvalue weighted by Crippen LogP contribution is -2.24. The molecule has 2 heterocycles. The highest BCUT2D eigenvalue weighted by molar-refractivity contribution is 5.93. The molecule has 6 heteroatoms. The van der Waals surface area contributed by atoms with Gasteiger partial charge < -0.3 is 15.2 Å². The summed E-state index contributed by atoms with van der Waals surface area (Å²) in [5.74, 6) is 4.37. The normalized spacial score (nSPS) is 19.9. The summed E-state index contributed by atoms with van der Waals surface area (Å²) in [6.45, 7) is 5.59. The number of nitrogens with zero attached hydrogens (tertiary/aromatic N) is 3. The first-order valence-electron chi connectivity index (χ1n) is 13.9. The van der Waals surface area contributed by atoms with E-state index in [1.165, 1.54) is 11.1 Å². The number of aromatic nitrogens is 2. The highest BCUT2D eigenvalue weighted by atomic mass is 16.5. The zero-order chi connectivity index (χ0) is 27.1. The maximum Gasteiger partial charge on any atom is 0.141 e. The second-order valence-electron chi connectivity index (χ2n) is 11.0. The summed E-state index contributed by atoms with van der Waals surface area (Å²) >= 11 is 0. The Balaban J connectivity index is 1.08. The van der Waals surface area contributed by atoms with Crippen molar-refractivity contribution >= 4 is 22.4 Å². The Hall–Kier alpha value is -4.26. The fourth-order valence-corrected chi connectivity index (χ4v) is 6.13. The van der Waals surface area contributed by atoms with Crippen LogP contribution in [-0.4, -0.2) is 39.7 Å². The largest absolute Gasteiger partial charge is 0.457 e. The van der Waals surface area contributed by atoms with Crippen molar-refractivity contribution in [3.8, 4) is 22.6 Å². The minimum absolute atomic E-state index is 0.349. The van der Waals surface area contributed by atoms with E-state index in [9.17, 15) is 5.11 Å². The molecule has 0 spiro atoms. The second kappa shape index (κ2) is 10.4. The lowest BCUT2D eigenvalue weighted by molar-refractivity contribution is 0.217. The predicted molar refractivity (Wildman–Crippen MR) is 159 cm³/mol. The molecule has 1 saturated heterocycles. The van der Waals surface area contributed by atoms with Gasteiger partial charge in [0.05, 0.1) is 5.52 Å². The lowest BCUT2D eigenvalue weighted by atomic mass is 10.0. The molecule has 4 aromatic carbocycles. The number of piperidine rings is 1. The summed E-state index contributed by atoms with van der Waals surface area (Å²) in [6.07, 6.45) is 1.60. The highest BCUT2D eigenvalue weighted by Gasteiger charge is 2.54. The number of hydrogen-bond donors (Lipinski definition) is 2. The monoisotopic (exact) mass is 528 g/mol. The molecule has 40 heavy (non-hydrogen) atoms. The minimum atomic E-state index is 0.349.